The van der Waals surface area contributed by atoms with Crippen molar-refractivity contribution >= 4 is 11.8 Å². The maximum absolute atomic E-state index is 12.5. The first-order valence-corrected chi connectivity index (χ1v) is 8.35. The Labute approximate surface area is 137 Å². The van der Waals surface area contributed by atoms with Gasteiger partial charge in [0.2, 0.25) is 11.8 Å². The van der Waals surface area contributed by atoms with Gasteiger partial charge in [-0.3, -0.25) is 14.6 Å². The molecule has 1 fully saturated rings. The van der Waals surface area contributed by atoms with E-state index in [0.29, 0.717) is 32.6 Å². The van der Waals surface area contributed by atoms with Crippen LogP contribution < -0.4 is 0 Å². The molecule has 1 aromatic rings. The number of pyridine rings is 1. The Morgan fingerprint density at radius 3 is 2.52 bits per heavy atom. The standard InChI is InChI=1S/C18H23N3O2/c22-17(14-16-8-4-5-9-19-16)20-10-12-21(13-11-20)18(23)15-6-2-1-3-7-15/h1-2,4-5,8-9,15H,3,6-7,10-14H2/t15-/m1/s1. The third-order valence-electron chi connectivity index (χ3n) is 4.62. The number of hydrogen-bond acceptors (Lipinski definition) is 3. The van der Waals surface area contributed by atoms with Crippen molar-refractivity contribution in [2.45, 2.75) is 25.7 Å². The lowest BCUT2D eigenvalue weighted by Gasteiger charge is -2.36. The number of hydrogen-bond donors (Lipinski definition) is 0. The van der Waals surface area contributed by atoms with Gasteiger partial charge in [0, 0.05) is 44.0 Å². The largest absolute Gasteiger partial charge is 0.339 e. The third-order valence-corrected chi connectivity index (χ3v) is 4.62. The van der Waals surface area contributed by atoms with Gasteiger partial charge in [-0.2, -0.15) is 0 Å². The summed E-state index contributed by atoms with van der Waals surface area (Å²) in [4.78, 5) is 32.8. The quantitative estimate of drug-likeness (QED) is 0.797. The zero-order valence-electron chi connectivity index (χ0n) is 13.4. The summed E-state index contributed by atoms with van der Waals surface area (Å²) in [5.41, 5.74) is 0.796. The molecule has 2 amide bonds. The monoisotopic (exact) mass is 313 g/mol. The average Bonchev–Trinajstić information content (AvgIpc) is 2.63. The Morgan fingerprint density at radius 1 is 1.09 bits per heavy atom. The lowest BCUT2D eigenvalue weighted by Crippen LogP contribution is -2.52. The molecule has 0 spiro atoms. The van der Waals surface area contributed by atoms with E-state index < -0.39 is 0 Å². The van der Waals surface area contributed by atoms with Crippen molar-refractivity contribution in [1.29, 1.82) is 0 Å². The number of rotatable bonds is 3. The molecule has 1 aromatic heterocycles. The molecule has 0 saturated carbocycles. The molecule has 23 heavy (non-hydrogen) atoms. The Kier molecular flexibility index (Phi) is 5.05. The van der Waals surface area contributed by atoms with E-state index in [1.54, 1.807) is 6.20 Å². The van der Waals surface area contributed by atoms with Gasteiger partial charge in [0.05, 0.1) is 6.42 Å². The molecule has 1 saturated heterocycles. The van der Waals surface area contributed by atoms with Crippen molar-refractivity contribution in [2.24, 2.45) is 5.92 Å². The average molecular weight is 313 g/mol. The highest BCUT2D eigenvalue weighted by molar-refractivity contribution is 5.81. The van der Waals surface area contributed by atoms with Crippen LogP contribution in [0.25, 0.3) is 0 Å². The lowest BCUT2D eigenvalue weighted by molar-refractivity contribution is -0.142. The van der Waals surface area contributed by atoms with Crippen molar-refractivity contribution in [3.05, 3.63) is 42.2 Å². The summed E-state index contributed by atoms with van der Waals surface area (Å²) in [5.74, 6) is 0.485. The van der Waals surface area contributed by atoms with E-state index in [2.05, 4.69) is 17.1 Å². The van der Waals surface area contributed by atoms with Crippen LogP contribution in [0.4, 0.5) is 0 Å². The van der Waals surface area contributed by atoms with E-state index in [1.807, 2.05) is 28.0 Å². The summed E-state index contributed by atoms with van der Waals surface area (Å²) >= 11 is 0. The number of nitrogens with zero attached hydrogens (tertiary/aromatic N) is 3. The van der Waals surface area contributed by atoms with Crippen molar-refractivity contribution < 1.29 is 9.59 Å². The predicted octanol–water partition coefficient (Wildman–Crippen LogP) is 1.65. The number of carbonyl (C=O) groups excluding carboxylic acids is 2. The van der Waals surface area contributed by atoms with Crippen LogP contribution in [-0.4, -0.2) is 52.8 Å². The van der Waals surface area contributed by atoms with E-state index in [0.717, 1.165) is 25.0 Å². The summed E-state index contributed by atoms with van der Waals surface area (Å²) < 4.78 is 0. The number of allylic oxidation sites excluding steroid dienone is 2. The Morgan fingerprint density at radius 2 is 1.87 bits per heavy atom. The van der Waals surface area contributed by atoms with Gasteiger partial charge in [-0.15, -0.1) is 0 Å². The molecule has 0 bridgehead atoms. The van der Waals surface area contributed by atoms with E-state index >= 15 is 0 Å². The van der Waals surface area contributed by atoms with Gasteiger partial charge in [-0.05, 0) is 31.4 Å². The fourth-order valence-corrected chi connectivity index (χ4v) is 3.22. The topological polar surface area (TPSA) is 53.5 Å². The van der Waals surface area contributed by atoms with Crippen LogP contribution in [0.2, 0.25) is 0 Å². The van der Waals surface area contributed by atoms with Crippen molar-refractivity contribution in [3.8, 4) is 0 Å². The molecule has 0 unspecified atom stereocenters. The molecular weight excluding hydrogens is 290 g/mol. The minimum Gasteiger partial charge on any atom is -0.339 e. The zero-order chi connectivity index (χ0) is 16.1. The van der Waals surface area contributed by atoms with Gasteiger partial charge >= 0.3 is 0 Å². The van der Waals surface area contributed by atoms with E-state index in [1.165, 1.54) is 0 Å². The summed E-state index contributed by atoms with van der Waals surface area (Å²) in [6, 6.07) is 5.61. The van der Waals surface area contributed by atoms with Gasteiger partial charge in [-0.1, -0.05) is 18.2 Å². The molecule has 3 rings (SSSR count). The van der Waals surface area contributed by atoms with E-state index in [9.17, 15) is 9.59 Å². The second-order valence-corrected chi connectivity index (χ2v) is 6.19. The molecule has 2 heterocycles. The predicted molar refractivity (Wildman–Crippen MR) is 87.6 cm³/mol. The Hall–Kier alpha value is -2.17. The minimum absolute atomic E-state index is 0.0939. The normalized spacial score (nSPS) is 21.3. The highest BCUT2D eigenvalue weighted by atomic mass is 16.2. The third kappa shape index (κ3) is 3.97. The zero-order valence-corrected chi connectivity index (χ0v) is 13.4. The molecule has 1 aliphatic heterocycles. The van der Waals surface area contributed by atoms with Crippen LogP contribution >= 0.6 is 0 Å². The Bertz CT molecular complexity index is 577. The van der Waals surface area contributed by atoms with Crippen molar-refractivity contribution in [2.75, 3.05) is 26.2 Å². The van der Waals surface area contributed by atoms with Crippen LogP contribution in [0, 0.1) is 5.92 Å². The molecule has 5 nitrogen and oxygen atoms in total. The maximum Gasteiger partial charge on any atom is 0.228 e. The molecule has 1 aliphatic carbocycles. The van der Waals surface area contributed by atoms with E-state index in [4.69, 9.17) is 0 Å². The first-order valence-electron chi connectivity index (χ1n) is 8.35. The first kappa shape index (κ1) is 15.7. The minimum atomic E-state index is 0.0939. The smallest absolute Gasteiger partial charge is 0.228 e. The van der Waals surface area contributed by atoms with Crippen LogP contribution in [0.3, 0.4) is 0 Å². The van der Waals surface area contributed by atoms with E-state index in [-0.39, 0.29) is 17.7 Å². The Balaban J connectivity index is 1.49. The summed E-state index contributed by atoms with van der Waals surface area (Å²) in [5, 5.41) is 0. The van der Waals surface area contributed by atoms with Gasteiger partial charge in [0.15, 0.2) is 0 Å². The number of carbonyl (C=O) groups is 2. The fourth-order valence-electron chi connectivity index (χ4n) is 3.22. The summed E-state index contributed by atoms with van der Waals surface area (Å²) in [7, 11) is 0. The number of piperazine rings is 1. The maximum atomic E-state index is 12.5. The second-order valence-electron chi connectivity index (χ2n) is 6.19. The number of aromatic nitrogens is 1. The molecule has 1 atom stereocenters. The molecular formula is C18H23N3O2. The summed E-state index contributed by atoms with van der Waals surface area (Å²) in [6.07, 6.45) is 9.11. The van der Waals surface area contributed by atoms with Crippen LogP contribution in [0.1, 0.15) is 25.0 Å². The molecule has 0 N–H and O–H groups in total. The van der Waals surface area contributed by atoms with Crippen LogP contribution in [0.5, 0.6) is 0 Å². The molecule has 5 heteroatoms. The molecule has 122 valence electrons. The van der Waals surface area contributed by atoms with Gasteiger partial charge in [0.1, 0.15) is 0 Å². The SMILES string of the molecule is O=C(Cc1ccccn1)N1CCN(C(=O)[C@@H]2CC=CCC2)CC1. The van der Waals surface area contributed by atoms with Crippen molar-refractivity contribution in [3.63, 3.8) is 0 Å². The van der Waals surface area contributed by atoms with Crippen LogP contribution in [0.15, 0.2) is 36.5 Å². The van der Waals surface area contributed by atoms with Crippen LogP contribution in [-0.2, 0) is 16.0 Å². The lowest BCUT2D eigenvalue weighted by atomic mass is 9.93. The van der Waals surface area contributed by atoms with Gasteiger partial charge in [-0.25, -0.2) is 0 Å². The molecule has 0 radical (unpaired) electrons. The number of amides is 2. The van der Waals surface area contributed by atoms with Crippen molar-refractivity contribution in [1.82, 2.24) is 14.8 Å². The highest BCUT2D eigenvalue weighted by Gasteiger charge is 2.28. The highest BCUT2D eigenvalue weighted by Crippen LogP contribution is 2.21. The fraction of sp³-hybridized carbons (Fsp3) is 0.500. The summed E-state index contributed by atoms with van der Waals surface area (Å²) in [6.45, 7) is 2.54. The molecule has 2 aliphatic rings. The first-order chi connectivity index (χ1) is 11.2. The molecule has 0 aromatic carbocycles. The second kappa shape index (κ2) is 7.40. The van der Waals surface area contributed by atoms with Gasteiger partial charge in [0.25, 0.3) is 0 Å². The van der Waals surface area contributed by atoms with Gasteiger partial charge < -0.3 is 9.80 Å².